The van der Waals surface area contributed by atoms with Crippen molar-refractivity contribution in [2.24, 2.45) is 0 Å². The van der Waals surface area contributed by atoms with Gasteiger partial charge in [0.2, 0.25) is 5.91 Å². The summed E-state index contributed by atoms with van der Waals surface area (Å²) in [6.07, 6.45) is 0.752. The number of benzene rings is 1. The van der Waals surface area contributed by atoms with Crippen molar-refractivity contribution in [1.29, 1.82) is 0 Å². The number of urea groups is 1. The van der Waals surface area contributed by atoms with Crippen molar-refractivity contribution in [2.75, 3.05) is 32.6 Å². The topological polar surface area (TPSA) is 73.0 Å². The van der Waals surface area contributed by atoms with Gasteiger partial charge < -0.3 is 15.1 Å². The highest BCUT2D eigenvalue weighted by atomic mass is 16.2. The SMILES string of the molecule is CN(Cc1ccc(N(C)C)cc1)C(=O)CCCN1C(=O)NC(C)(C)C1=O. The molecule has 0 spiro atoms. The number of hydrogen-bond donors (Lipinski definition) is 1. The maximum atomic E-state index is 12.3. The minimum atomic E-state index is -0.864. The van der Waals surface area contributed by atoms with Crippen molar-refractivity contribution in [3.63, 3.8) is 0 Å². The molecule has 1 aromatic rings. The van der Waals surface area contributed by atoms with E-state index >= 15 is 0 Å². The molecule has 4 amide bonds. The quantitative estimate of drug-likeness (QED) is 0.753. The van der Waals surface area contributed by atoms with Gasteiger partial charge in [0, 0.05) is 46.3 Å². The summed E-state index contributed by atoms with van der Waals surface area (Å²) < 4.78 is 0. The molecule has 0 saturated carbocycles. The van der Waals surface area contributed by atoms with Crippen LogP contribution in [0, 0.1) is 0 Å². The predicted octanol–water partition coefficient (Wildman–Crippen LogP) is 1.82. The summed E-state index contributed by atoms with van der Waals surface area (Å²) in [5, 5.41) is 2.64. The standard InChI is InChI=1S/C19H28N4O3/c1-19(2)17(25)23(18(26)20-19)12-6-7-16(24)22(5)13-14-8-10-15(11-9-14)21(3)4/h8-11H,6-7,12-13H2,1-5H3,(H,20,26). The summed E-state index contributed by atoms with van der Waals surface area (Å²) in [5.41, 5.74) is 1.30. The minimum absolute atomic E-state index is 0.00648. The van der Waals surface area contributed by atoms with Gasteiger partial charge in [0.1, 0.15) is 5.54 Å². The van der Waals surface area contributed by atoms with Crippen LogP contribution in [0.5, 0.6) is 0 Å². The van der Waals surface area contributed by atoms with Crippen LogP contribution in [0.4, 0.5) is 10.5 Å². The van der Waals surface area contributed by atoms with E-state index in [9.17, 15) is 14.4 Å². The first-order chi connectivity index (χ1) is 12.1. The summed E-state index contributed by atoms with van der Waals surface area (Å²) in [4.78, 5) is 41.1. The molecule has 0 aliphatic carbocycles. The maximum absolute atomic E-state index is 12.3. The second-order valence-electron chi connectivity index (χ2n) is 7.43. The number of imide groups is 1. The zero-order chi connectivity index (χ0) is 19.5. The molecule has 26 heavy (non-hydrogen) atoms. The average Bonchev–Trinajstić information content (AvgIpc) is 2.76. The van der Waals surface area contributed by atoms with E-state index < -0.39 is 5.54 Å². The highest BCUT2D eigenvalue weighted by Crippen LogP contribution is 2.17. The fourth-order valence-electron chi connectivity index (χ4n) is 2.86. The van der Waals surface area contributed by atoms with Gasteiger partial charge in [-0.15, -0.1) is 0 Å². The molecule has 2 rings (SSSR count). The minimum Gasteiger partial charge on any atom is -0.378 e. The normalized spacial score (nSPS) is 15.8. The second-order valence-corrected chi connectivity index (χ2v) is 7.43. The number of carbonyl (C=O) groups excluding carboxylic acids is 3. The van der Waals surface area contributed by atoms with Gasteiger partial charge in [0.25, 0.3) is 5.91 Å². The van der Waals surface area contributed by atoms with Gasteiger partial charge in [-0.25, -0.2) is 4.79 Å². The smallest absolute Gasteiger partial charge is 0.325 e. The largest absolute Gasteiger partial charge is 0.378 e. The Bertz CT molecular complexity index is 683. The van der Waals surface area contributed by atoms with Gasteiger partial charge >= 0.3 is 6.03 Å². The molecule has 0 radical (unpaired) electrons. The Morgan fingerprint density at radius 1 is 1.12 bits per heavy atom. The summed E-state index contributed by atoms with van der Waals surface area (Å²) in [6.45, 7) is 4.13. The number of nitrogens with zero attached hydrogens (tertiary/aromatic N) is 3. The van der Waals surface area contributed by atoms with Crippen molar-refractivity contribution in [1.82, 2.24) is 15.1 Å². The van der Waals surface area contributed by atoms with Gasteiger partial charge in [-0.3, -0.25) is 14.5 Å². The summed E-state index contributed by atoms with van der Waals surface area (Å²) >= 11 is 0. The van der Waals surface area contributed by atoms with Gasteiger partial charge in [-0.2, -0.15) is 0 Å². The lowest BCUT2D eigenvalue weighted by atomic mass is 10.1. The molecule has 142 valence electrons. The van der Waals surface area contributed by atoms with E-state index in [1.165, 1.54) is 4.90 Å². The Hall–Kier alpha value is -2.57. The van der Waals surface area contributed by atoms with Crippen molar-refractivity contribution in [2.45, 2.75) is 38.8 Å². The lowest BCUT2D eigenvalue weighted by Gasteiger charge is -2.19. The first-order valence-corrected chi connectivity index (χ1v) is 8.76. The first-order valence-electron chi connectivity index (χ1n) is 8.76. The van der Waals surface area contributed by atoms with Crippen molar-refractivity contribution >= 4 is 23.5 Å². The van der Waals surface area contributed by atoms with Crippen LogP contribution < -0.4 is 10.2 Å². The van der Waals surface area contributed by atoms with Gasteiger partial charge in [-0.05, 0) is 38.0 Å². The van der Waals surface area contributed by atoms with Crippen LogP contribution in [0.2, 0.25) is 0 Å². The van der Waals surface area contributed by atoms with Crippen molar-refractivity contribution in [3.8, 4) is 0 Å². The monoisotopic (exact) mass is 360 g/mol. The molecule has 0 bridgehead atoms. The highest BCUT2D eigenvalue weighted by molar-refractivity contribution is 6.06. The lowest BCUT2D eigenvalue weighted by molar-refractivity contribution is -0.132. The zero-order valence-corrected chi connectivity index (χ0v) is 16.2. The molecule has 7 nitrogen and oxygen atoms in total. The number of anilines is 1. The van der Waals surface area contributed by atoms with Crippen LogP contribution in [0.3, 0.4) is 0 Å². The molecular weight excluding hydrogens is 332 g/mol. The van der Waals surface area contributed by atoms with E-state index in [-0.39, 0.29) is 24.4 Å². The Kier molecular flexibility index (Phi) is 5.90. The molecule has 1 aliphatic rings. The van der Waals surface area contributed by atoms with Gasteiger partial charge in [0.15, 0.2) is 0 Å². The van der Waals surface area contributed by atoms with Gasteiger partial charge in [-0.1, -0.05) is 12.1 Å². The fraction of sp³-hybridized carbons (Fsp3) is 0.526. The number of carbonyl (C=O) groups is 3. The summed E-state index contributed by atoms with van der Waals surface area (Å²) in [7, 11) is 5.73. The highest BCUT2D eigenvalue weighted by Gasteiger charge is 2.43. The molecule has 1 aliphatic heterocycles. The number of rotatable bonds is 7. The summed E-state index contributed by atoms with van der Waals surface area (Å²) in [5.74, 6) is -0.253. The van der Waals surface area contributed by atoms with Gasteiger partial charge in [0.05, 0.1) is 0 Å². The van der Waals surface area contributed by atoms with E-state index in [1.807, 2.05) is 43.3 Å². The molecule has 0 unspecified atom stereocenters. The third kappa shape index (κ3) is 4.53. The molecular formula is C19H28N4O3. The molecule has 0 atom stereocenters. The van der Waals surface area contributed by atoms with E-state index in [0.717, 1.165) is 11.3 Å². The van der Waals surface area contributed by atoms with Crippen LogP contribution >= 0.6 is 0 Å². The van der Waals surface area contributed by atoms with Crippen LogP contribution in [-0.2, 0) is 16.1 Å². The van der Waals surface area contributed by atoms with E-state index in [0.29, 0.717) is 19.4 Å². The molecule has 1 heterocycles. The Morgan fingerprint density at radius 3 is 2.23 bits per heavy atom. The number of hydrogen-bond acceptors (Lipinski definition) is 4. The Labute approximate surface area is 154 Å². The van der Waals surface area contributed by atoms with Crippen molar-refractivity contribution in [3.05, 3.63) is 29.8 Å². The number of nitrogens with one attached hydrogen (secondary N) is 1. The van der Waals surface area contributed by atoms with Crippen LogP contribution in [0.15, 0.2) is 24.3 Å². The van der Waals surface area contributed by atoms with Crippen LogP contribution in [0.1, 0.15) is 32.3 Å². The van der Waals surface area contributed by atoms with Crippen molar-refractivity contribution < 1.29 is 14.4 Å². The van der Waals surface area contributed by atoms with E-state index in [2.05, 4.69) is 5.32 Å². The van der Waals surface area contributed by atoms with E-state index in [1.54, 1.807) is 25.8 Å². The zero-order valence-electron chi connectivity index (χ0n) is 16.2. The molecule has 1 aromatic carbocycles. The molecule has 1 fully saturated rings. The molecule has 0 aromatic heterocycles. The maximum Gasteiger partial charge on any atom is 0.325 e. The summed E-state index contributed by atoms with van der Waals surface area (Å²) in [6, 6.07) is 7.67. The molecule has 1 N–H and O–H groups in total. The fourth-order valence-corrected chi connectivity index (χ4v) is 2.86. The third-order valence-electron chi connectivity index (χ3n) is 4.52. The van der Waals surface area contributed by atoms with E-state index in [4.69, 9.17) is 0 Å². The third-order valence-corrected chi connectivity index (χ3v) is 4.52. The lowest BCUT2D eigenvalue weighted by Crippen LogP contribution is -2.40. The Balaban J connectivity index is 1.80. The molecule has 1 saturated heterocycles. The predicted molar refractivity (Wildman–Crippen MR) is 101 cm³/mol. The average molecular weight is 360 g/mol. The Morgan fingerprint density at radius 2 is 1.73 bits per heavy atom. The van der Waals surface area contributed by atoms with Crippen LogP contribution in [0.25, 0.3) is 0 Å². The first kappa shape index (κ1) is 19.8. The molecule has 7 heteroatoms. The van der Waals surface area contributed by atoms with Crippen LogP contribution in [-0.4, -0.2) is 60.9 Å². The number of amides is 4. The second kappa shape index (κ2) is 7.76.